The van der Waals surface area contributed by atoms with Gasteiger partial charge in [-0.2, -0.15) is 5.10 Å². The van der Waals surface area contributed by atoms with Gasteiger partial charge in [0.05, 0.1) is 40.4 Å². The van der Waals surface area contributed by atoms with Crippen molar-refractivity contribution in [1.29, 1.82) is 0 Å². The summed E-state index contributed by atoms with van der Waals surface area (Å²) >= 11 is 17.4. The van der Waals surface area contributed by atoms with Crippen LogP contribution in [0.15, 0.2) is 74.8 Å². The average molecular weight is 550 g/mol. The van der Waals surface area contributed by atoms with Crippen molar-refractivity contribution in [2.24, 2.45) is 10.1 Å². The number of aromatic nitrogens is 2. The summed E-state index contributed by atoms with van der Waals surface area (Å²) in [6.45, 7) is 0. The summed E-state index contributed by atoms with van der Waals surface area (Å²) in [4.78, 5) is 9.40. The van der Waals surface area contributed by atoms with Gasteiger partial charge in [-0.1, -0.05) is 23.2 Å². The third kappa shape index (κ3) is 4.88. The highest BCUT2D eigenvalue weighted by Gasteiger charge is 2.13. The number of halogens is 3. The molecular formula is C22H15BrCl2N4O2S. The molecule has 2 aromatic heterocycles. The summed E-state index contributed by atoms with van der Waals surface area (Å²) in [7, 11) is 1.49. The fourth-order valence-corrected chi connectivity index (χ4v) is 4.54. The van der Waals surface area contributed by atoms with Crippen molar-refractivity contribution in [2.45, 2.75) is 0 Å². The van der Waals surface area contributed by atoms with Crippen molar-refractivity contribution in [3.05, 3.63) is 85.1 Å². The molecule has 0 fully saturated rings. The first-order chi connectivity index (χ1) is 15.5. The Balaban J connectivity index is 1.88. The number of hydrogen-bond donors (Lipinski definition) is 1. The molecule has 162 valence electrons. The highest BCUT2D eigenvalue weighted by Crippen LogP contribution is 2.35. The molecule has 32 heavy (non-hydrogen) atoms. The van der Waals surface area contributed by atoms with E-state index < -0.39 is 0 Å². The van der Waals surface area contributed by atoms with Crippen LogP contribution in [0.3, 0.4) is 0 Å². The molecule has 0 aliphatic heterocycles. The highest BCUT2D eigenvalue weighted by molar-refractivity contribution is 9.10. The van der Waals surface area contributed by atoms with Gasteiger partial charge in [0.1, 0.15) is 0 Å². The normalized spacial score (nSPS) is 11.9. The van der Waals surface area contributed by atoms with E-state index in [0.29, 0.717) is 36.3 Å². The maximum absolute atomic E-state index is 10.1. The molecular weight excluding hydrogens is 535 g/mol. The maximum Gasteiger partial charge on any atom is 0.211 e. The standard InChI is InChI=1S/C22H15BrCl2N4O2S/c1-31-20-8-13(7-17(23)21(20)30)10-27-29-19(16-9-14(24)4-5-18(16)25)12-32-22(29)28-15-3-2-6-26-11-15/h2-12,30H,1H3. The van der Waals surface area contributed by atoms with Gasteiger partial charge < -0.3 is 9.84 Å². The Labute approximate surface area is 206 Å². The summed E-state index contributed by atoms with van der Waals surface area (Å²) in [6.07, 6.45) is 5.00. The lowest BCUT2D eigenvalue weighted by molar-refractivity contribution is 0.372. The molecule has 10 heteroatoms. The Morgan fingerprint density at radius 2 is 2.06 bits per heavy atom. The van der Waals surface area contributed by atoms with Crippen molar-refractivity contribution >= 4 is 62.4 Å². The molecule has 0 aliphatic rings. The first kappa shape index (κ1) is 22.5. The Hall–Kier alpha value is -2.65. The van der Waals surface area contributed by atoms with E-state index in [1.165, 1.54) is 18.4 Å². The van der Waals surface area contributed by atoms with Crippen molar-refractivity contribution in [2.75, 3.05) is 7.11 Å². The number of nitrogens with zero attached hydrogens (tertiary/aromatic N) is 4. The first-order valence-corrected chi connectivity index (χ1v) is 11.6. The largest absolute Gasteiger partial charge is 0.503 e. The van der Waals surface area contributed by atoms with Gasteiger partial charge in [-0.15, -0.1) is 11.3 Å². The van der Waals surface area contributed by atoms with Crippen LogP contribution in [0, 0.1) is 0 Å². The molecule has 0 saturated carbocycles. The number of phenols is 1. The molecule has 4 rings (SSSR count). The monoisotopic (exact) mass is 548 g/mol. The molecule has 6 nitrogen and oxygen atoms in total. The fourth-order valence-electron chi connectivity index (χ4n) is 2.85. The molecule has 1 N–H and O–H groups in total. The Morgan fingerprint density at radius 1 is 1.22 bits per heavy atom. The van der Waals surface area contributed by atoms with Crippen LogP contribution < -0.4 is 9.54 Å². The van der Waals surface area contributed by atoms with Gasteiger partial charge >= 0.3 is 0 Å². The number of phenolic OH excluding ortho intramolecular Hbond substituents is 1. The van der Waals surface area contributed by atoms with Gasteiger partial charge in [-0.25, -0.2) is 9.67 Å². The lowest BCUT2D eigenvalue weighted by Crippen LogP contribution is -2.11. The molecule has 0 spiro atoms. The number of benzene rings is 2. The van der Waals surface area contributed by atoms with E-state index in [1.54, 1.807) is 53.6 Å². The van der Waals surface area contributed by atoms with E-state index in [9.17, 15) is 5.11 Å². The van der Waals surface area contributed by atoms with E-state index in [2.05, 4.69) is 31.0 Å². The van der Waals surface area contributed by atoms with Gasteiger partial charge in [-0.05, 0) is 64.0 Å². The molecule has 0 amide bonds. The van der Waals surface area contributed by atoms with Crippen LogP contribution in [-0.2, 0) is 0 Å². The van der Waals surface area contributed by atoms with Crippen LogP contribution in [0.2, 0.25) is 10.0 Å². The fraction of sp³-hybridized carbons (Fsp3) is 0.0455. The van der Waals surface area contributed by atoms with Gasteiger partial charge in [0.2, 0.25) is 4.80 Å². The zero-order chi connectivity index (χ0) is 22.7. The zero-order valence-corrected chi connectivity index (χ0v) is 20.5. The Bertz CT molecular complexity index is 1370. The molecule has 2 aromatic carbocycles. The van der Waals surface area contributed by atoms with E-state index in [0.717, 1.165) is 11.3 Å². The summed E-state index contributed by atoms with van der Waals surface area (Å²) in [5.41, 5.74) is 2.85. The number of aromatic hydroxyl groups is 1. The minimum Gasteiger partial charge on any atom is -0.503 e. The van der Waals surface area contributed by atoms with Crippen LogP contribution >= 0.6 is 50.5 Å². The molecule has 0 atom stereocenters. The summed E-state index contributed by atoms with van der Waals surface area (Å²) in [5, 5.41) is 17.7. The number of methoxy groups -OCH3 is 1. The number of rotatable bonds is 5. The van der Waals surface area contributed by atoms with E-state index in [-0.39, 0.29) is 5.75 Å². The maximum atomic E-state index is 10.1. The van der Waals surface area contributed by atoms with Gasteiger partial charge in [0, 0.05) is 22.2 Å². The summed E-state index contributed by atoms with van der Waals surface area (Å²) in [6, 6.07) is 12.3. The lowest BCUT2D eigenvalue weighted by Gasteiger charge is -2.08. The Kier molecular flexibility index (Phi) is 6.95. The van der Waals surface area contributed by atoms with Crippen LogP contribution in [-0.4, -0.2) is 28.1 Å². The second kappa shape index (κ2) is 9.87. The van der Waals surface area contributed by atoms with E-state index in [1.807, 2.05) is 17.5 Å². The van der Waals surface area contributed by atoms with Crippen LogP contribution in [0.5, 0.6) is 11.5 Å². The molecule has 0 unspecified atom stereocenters. The first-order valence-electron chi connectivity index (χ1n) is 9.18. The minimum absolute atomic E-state index is 0.0199. The second-order valence-electron chi connectivity index (χ2n) is 6.46. The van der Waals surface area contributed by atoms with E-state index >= 15 is 0 Å². The molecule has 0 bridgehead atoms. The third-order valence-corrected chi connectivity index (χ3v) is 6.34. The summed E-state index contributed by atoms with van der Waals surface area (Å²) in [5.74, 6) is 0.348. The SMILES string of the molecule is COc1cc(C=Nn2c(-c3cc(Cl)ccc3Cl)csc2=Nc2cccnc2)cc(Br)c1O. The van der Waals surface area contributed by atoms with Crippen molar-refractivity contribution in [3.63, 3.8) is 0 Å². The summed E-state index contributed by atoms with van der Waals surface area (Å²) < 4.78 is 7.40. The molecule has 4 aromatic rings. The molecule has 0 saturated heterocycles. The van der Waals surface area contributed by atoms with Crippen LogP contribution in [0.25, 0.3) is 11.3 Å². The minimum atomic E-state index is 0.0199. The molecule has 2 heterocycles. The van der Waals surface area contributed by atoms with Crippen molar-refractivity contribution < 1.29 is 9.84 Å². The number of ether oxygens (including phenoxy) is 1. The smallest absolute Gasteiger partial charge is 0.211 e. The highest BCUT2D eigenvalue weighted by atomic mass is 79.9. The molecule has 0 aliphatic carbocycles. The van der Waals surface area contributed by atoms with Gasteiger partial charge in [0.25, 0.3) is 0 Å². The topological polar surface area (TPSA) is 72.0 Å². The average Bonchev–Trinajstić information content (AvgIpc) is 3.18. The van der Waals surface area contributed by atoms with Crippen molar-refractivity contribution in [3.8, 4) is 22.8 Å². The zero-order valence-electron chi connectivity index (χ0n) is 16.5. The predicted octanol–water partition coefficient (Wildman–Crippen LogP) is 6.51. The van der Waals surface area contributed by atoms with Gasteiger partial charge in [0.15, 0.2) is 11.5 Å². The van der Waals surface area contributed by atoms with Crippen LogP contribution in [0.4, 0.5) is 5.69 Å². The molecule has 0 radical (unpaired) electrons. The van der Waals surface area contributed by atoms with Gasteiger partial charge in [-0.3, -0.25) is 4.98 Å². The second-order valence-corrected chi connectivity index (χ2v) is 9.00. The Morgan fingerprint density at radius 3 is 2.81 bits per heavy atom. The van der Waals surface area contributed by atoms with E-state index in [4.69, 9.17) is 27.9 Å². The van der Waals surface area contributed by atoms with Crippen molar-refractivity contribution in [1.82, 2.24) is 9.66 Å². The quantitative estimate of drug-likeness (QED) is 0.288. The third-order valence-electron chi connectivity index (χ3n) is 4.35. The lowest BCUT2D eigenvalue weighted by atomic mass is 10.2. The number of pyridine rings is 1. The van der Waals surface area contributed by atoms with Crippen LogP contribution in [0.1, 0.15) is 5.56 Å². The number of thiazole rings is 1. The predicted molar refractivity (Wildman–Crippen MR) is 133 cm³/mol. The number of hydrogen-bond acceptors (Lipinski definition) is 6.